The molecule has 0 unspecified atom stereocenters. The second kappa shape index (κ2) is 2.57. The average Bonchev–Trinajstić information content (AvgIpc) is 2.53. The summed E-state index contributed by atoms with van der Waals surface area (Å²) in [7, 11) is 0. The van der Waals surface area contributed by atoms with E-state index in [9.17, 15) is 9.90 Å². The zero-order valence-corrected chi connectivity index (χ0v) is 6.60. The number of rotatable bonds is 1. The van der Waals surface area contributed by atoms with Crippen LogP contribution in [0.1, 0.15) is 6.42 Å². The van der Waals surface area contributed by atoms with Crippen LogP contribution in [0.15, 0.2) is 11.6 Å². The summed E-state index contributed by atoms with van der Waals surface area (Å²) >= 11 is 0. The van der Waals surface area contributed by atoms with E-state index in [0.717, 1.165) is 6.54 Å². The lowest BCUT2D eigenvalue weighted by atomic mass is 10.1. The highest BCUT2D eigenvalue weighted by atomic mass is 16.4. The van der Waals surface area contributed by atoms with Crippen LogP contribution in [-0.2, 0) is 4.79 Å². The van der Waals surface area contributed by atoms with Crippen molar-refractivity contribution in [3.63, 3.8) is 0 Å². The third-order valence-corrected chi connectivity index (χ3v) is 2.58. The van der Waals surface area contributed by atoms with Gasteiger partial charge in [-0.1, -0.05) is 6.08 Å². The average molecular weight is 169 g/mol. The van der Waals surface area contributed by atoms with Gasteiger partial charge in [-0.05, 0) is 6.42 Å². The first-order chi connectivity index (χ1) is 5.70. The van der Waals surface area contributed by atoms with E-state index in [1.807, 2.05) is 4.90 Å². The fraction of sp³-hybridized carbons (Fsp3) is 0.625. The number of carboxylic acid groups (broad SMARTS) is 1. The van der Waals surface area contributed by atoms with E-state index in [2.05, 4.69) is 0 Å². The fourth-order valence-electron chi connectivity index (χ4n) is 2.00. The van der Waals surface area contributed by atoms with Gasteiger partial charge in [0.25, 0.3) is 0 Å². The molecule has 2 heterocycles. The third kappa shape index (κ3) is 0.956. The molecule has 2 rings (SSSR count). The predicted octanol–water partition coefficient (Wildman–Crippen LogP) is -0.554. The largest absolute Gasteiger partial charge is 0.478 e. The van der Waals surface area contributed by atoms with E-state index in [1.165, 1.54) is 0 Å². The minimum Gasteiger partial charge on any atom is -0.478 e. The smallest absolute Gasteiger partial charge is 0.333 e. The summed E-state index contributed by atoms with van der Waals surface area (Å²) in [5, 5.41) is 18.2. The first-order valence-electron chi connectivity index (χ1n) is 4.05. The zero-order chi connectivity index (χ0) is 8.72. The molecule has 0 aromatic heterocycles. The molecule has 0 radical (unpaired) electrons. The van der Waals surface area contributed by atoms with Gasteiger partial charge in [0.05, 0.1) is 17.7 Å². The van der Waals surface area contributed by atoms with E-state index in [1.54, 1.807) is 6.08 Å². The second-order valence-electron chi connectivity index (χ2n) is 3.26. The van der Waals surface area contributed by atoms with Gasteiger partial charge in [0.2, 0.25) is 0 Å². The highest BCUT2D eigenvalue weighted by Gasteiger charge is 2.40. The Bertz CT molecular complexity index is 249. The van der Waals surface area contributed by atoms with Gasteiger partial charge in [0.1, 0.15) is 0 Å². The van der Waals surface area contributed by atoms with Crippen LogP contribution in [0.5, 0.6) is 0 Å². The molecular formula is C8H11NO3. The maximum Gasteiger partial charge on any atom is 0.333 e. The Morgan fingerprint density at radius 1 is 1.67 bits per heavy atom. The van der Waals surface area contributed by atoms with Gasteiger partial charge in [-0.3, -0.25) is 4.90 Å². The molecule has 1 fully saturated rings. The van der Waals surface area contributed by atoms with Crippen molar-refractivity contribution >= 4 is 5.97 Å². The second-order valence-corrected chi connectivity index (χ2v) is 3.26. The van der Waals surface area contributed by atoms with Gasteiger partial charge in [-0.2, -0.15) is 0 Å². The van der Waals surface area contributed by atoms with Crippen molar-refractivity contribution in [2.75, 3.05) is 13.1 Å². The lowest BCUT2D eigenvalue weighted by molar-refractivity contribution is -0.133. The third-order valence-electron chi connectivity index (χ3n) is 2.58. The van der Waals surface area contributed by atoms with Crippen molar-refractivity contribution in [3.8, 4) is 0 Å². The van der Waals surface area contributed by atoms with Crippen LogP contribution in [-0.4, -0.2) is 46.3 Å². The number of aliphatic hydroxyl groups is 1. The van der Waals surface area contributed by atoms with Gasteiger partial charge in [0, 0.05) is 13.1 Å². The molecule has 0 bridgehead atoms. The van der Waals surface area contributed by atoms with Crippen LogP contribution >= 0.6 is 0 Å². The molecule has 0 aromatic carbocycles. The fourth-order valence-corrected chi connectivity index (χ4v) is 2.00. The molecule has 12 heavy (non-hydrogen) atoms. The van der Waals surface area contributed by atoms with Crippen molar-refractivity contribution in [3.05, 3.63) is 11.6 Å². The number of fused-ring (bicyclic) bond motifs is 1. The summed E-state index contributed by atoms with van der Waals surface area (Å²) in [6.07, 6.45) is 1.89. The van der Waals surface area contributed by atoms with Crippen LogP contribution in [0.25, 0.3) is 0 Å². The molecule has 2 aliphatic heterocycles. The van der Waals surface area contributed by atoms with Crippen LogP contribution in [0.2, 0.25) is 0 Å². The molecule has 2 N–H and O–H groups in total. The van der Waals surface area contributed by atoms with Gasteiger partial charge in [-0.25, -0.2) is 4.79 Å². The molecule has 0 aromatic rings. The van der Waals surface area contributed by atoms with E-state index in [0.29, 0.717) is 18.5 Å². The van der Waals surface area contributed by atoms with E-state index < -0.39 is 12.1 Å². The molecule has 0 spiro atoms. The predicted molar refractivity (Wildman–Crippen MR) is 41.7 cm³/mol. The molecule has 66 valence electrons. The highest BCUT2D eigenvalue weighted by Crippen LogP contribution is 2.28. The normalized spacial score (nSPS) is 34.9. The molecule has 0 saturated carbocycles. The number of aliphatic carboxylic acids is 1. The van der Waals surface area contributed by atoms with Crippen LogP contribution in [0.4, 0.5) is 0 Å². The van der Waals surface area contributed by atoms with Crippen molar-refractivity contribution in [1.82, 2.24) is 4.90 Å². The Kier molecular flexibility index (Phi) is 1.66. The number of nitrogens with zero attached hydrogens (tertiary/aromatic N) is 1. The van der Waals surface area contributed by atoms with Crippen molar-refractivity contribution in [2.24, 2.45) is 0 Å². The minimum atomic E-state index is -0.900. The summed E-state index contributed by atoms with van der Waals surface area (Å²) in [5.41, 5.74) is 0.361. The quantitative estimate of drug-likeness (QED) is 0.552. The number of hydrogen-bond donors (Lipinski definition) is 2. The van der Waals surface area contributed by atoms with Crippen LogP contribution in [0, 0.1) is 0 Å². The molecule has 1 saturated heterocycles. The van der Waals surface area contributed by atoms with Gasteiger partial charge >= 0.3 is 5.97 Å². The summed E-state index contributed by atoms with van der Waals surface area (Å²) < 4.78 is 0. The summed E-state index contributed by atoms with van der Waals surface area (Å²) in [4.78, 5) is 12.7. The molecular weight excluding hydrogens is 158 g/mol. The van der Waals surface area contributed by atoms with E-state index in [4.69, 9.17) is 5.11 Å². The van der Waals surface area contributed by atoms with E-state index in [-0.39, 0.29) is 6.04 Å². The first-order valence-corrected chi connectivity index (χ1v) is 4.05. The number of aliphatic hydroxyl groups excluding tert-OH is 1. The molecule has 0 amide bonds. The standard InChI is InChI=1S/C8H11NO3/c10-6-2-4-9-3-1-5(7(6)9)8(11)12/h1,6-7,10H,2-4H2,(H,11,12)/t6-,7+/m0/s1. The Labute approximate surface area is 70.1 Å². The minimum absolute atomic E-state index is 0.248. The molecule has 4 nitrogen and oxygen atoms in total. The summed E-state index contributed by atoms with van der Waals surface area (Å²) in [6, 6.07) is -0.248. The SMILES string of the molecule is O=C(O)C1=CCN2CC[C@H](O)[C@@H]12. The lowest BCUT2D eigenvalue weighted by Crippen LogP contribution is -2.34. The molecule has 2 aliphatic rings. The van der Waals surface area contributed by atoms with Gasteiger partial charge < -0.3 is 10.2 Å². The van der Waals surface area contributed by atoms with Gasteiger partial charge in [0.15, 0.2) is 0 Å². The maximum absolute atomic E-state index is 10.7. The first kappa shape index (κ1) is 7.76. The van der Waals surface area contributed by atoms with E-state index >= 15 is 0 Å². The van der Waals surface area contributed by atoms with Crippen molar-refractivity contribution < 1.29 is 15.0 Å². The Balaban J connectivity index is 2.22. The number of hydrogen-bond acceptors (Lipinski definition) is 3. The molecule has 4 heteroatoms. The monoisotopic (exact) mass is 169 g/mol. The summed E-state index contributed by atoms with van der Waals surface area (Å²) in [6.45, 7) is 1.47. The molecule has 0 aliphatic carbocycles. The summed E-state index contributed by atoms with van der Waals surface area (Å²) in [5.74, 6) is -0.900. The van der Waals surface area contributed by atoms with Crippen molar-refractivity contribution in [1.29, 1.82) is 0 Å². The number of carboxylic acids is 1. The highest BCUT2D eigenvalue weighted by molar-refractivity contribution is 5.89. The lowest BCUT2D eigenvalue weighted by Gasteiger charge is -2.18. The Morgan fingerprint density at radius 3 is 3.08 bits per heavy atom. The number of carbonyl (C=O) groups is 1. The van der Waals surface area contributed by atoms with Crippen LogP contribution in [0.3, 0.4) is 0 Å². The maximum atomic E-state index is 10.7. The zero-order valence-electron chi connectivity index (χ0n) is 6.60. The Hall–Kier alpha value is -0.870. The topological polar surface area (TPSA) is 60.8 Å². The van der Waals surface area contributed by atoms with Crippen molar-refractivity contribution in [2.45, 2.75) is 18.6 Å². The van der Waals surface area contributed by atoms with Crippen LogP contribution < -0.4 is 0 Å². The van der Waals surface area contributed by atoms with Gasteiger partial charge in [-0.15, -0.1) is 0 Å². The molecule has 2 atom stereocenters. The Morgan fingerprint density at radius 2 is 2.42 bits per heavy atom.